The number of hydrogen-bond donors (Lipinski definition) is 2. The molecule has 2 N–H and O–H groups in total. The number of rotatable bonds is 6. The lowest BCUT2D eigenvalue weighted by Crippen LogP contribution is -2.50. The Balaban J connectivity index is 1.94. The molecule has 0 fully saturated rings. The Bertz CT molecular complexity index is 1270. The van der Waals surface area contributed by atoms with Crippen LogP contribution in [0.2, 0.25) is 0 Å². The second-order valence-corrected chi connectivity index (χ2v) is 9.98. The molecule has 0 saturated heterocycles. The fourth-order valence-electron chi connectivity index (χ4n) is 3.16. The predicted molar refractivity (Wildman–Crippen MR) is 114 cm³/mol. The molecule has 0 aliphatic rings. The van der Waals surface area contributed by atoms with Gasteiger partial charge < -0.3 is 0 Å². The van der Waals surface area contributed by atoms with Crippen LogP contribution in [-0.2, 0) is 21.2 Å². The smallest absolute Gasteiger partial charge is 0.264 e. The van der Waals surface area contributed by atoms with Gasteiger partial charge in [-0.1, -0.05) is 35.9 Å². The van der Waals surface area contributed by atoms with Crippen molar-refractivity contribution in [1.29, 1.82) is 0 Å². The maximum atomic E-state index is 12.9. The first-order valence-corrected chi connectivity index (χ1v) is 11.2. The second kappa shape index (κ2) is 8.00. The minimum Gasteiger partial charge on any atom is -0.299 e. The van der Waals surface area contributed by atoms with E-state index >= 15 is 0 Å². The van der Waals surface area contributed by atoms with Crippen molar-refractivity contribution >= 4 is 26.6 Å². The molecule has 3 aromatic rings. The van der Waals surface area contributed by atoms with Crippen LogP contribution in [0.3, 0.4) is 0 Å². The Kier molecular flexibility index (Phi) is 5.78. The summed E-state index contributed by atoms with van der Waals surface area (Å²) < 4.78 is 23.6. The Hall–Kier alpha value is -3.04. The fourth-order valence-corrected chi connectivity index (χ4v) is 4.01. The minimum atomic E-state index is -3.85. The molecule has 1 aromatic heterocycles. The zero-order valence-corrected chi connectivity index (χ0v) is 17.7. The summed E-state index contributed by atoms with van der Waals surface area (Å²) >= 11 is 0. The van der Waals surface area contributed by atoms with Gasteiger partial charge in [0.05, 0.1) is 17.2 Å². The largest absolute Gasteiger partial charge is 0.299 e. The third-order valence-corrected chi connectivity index (χ3v) is 7.47. The second-order valence-electron chi connectivity index (χ2n) is 7.54. The molecule has 2 aromatic carbocycles. The summed E-state index contributed by atoms with van der Waals surface area (Å²) in [7, 11) is -3.85. The Morgan fingerprint density at radius 1 is 1.17 bits per heavy atom. The fraction of sp³-hybridized carbons (Fsp3) is 0.286. The zero-order valence-electron chi connectivity index (χ0n) is 16.9. The highest BCUT2D eigenvalue weighted by molar-refractivity contribution is 7.92. The van der Waals surface area contributed by atoms with E-state index in [9.17, 15) is 18.0 Å². The predicted octanol–water partition coefficient (Wildman–Crippen LogP) is 2.07. The molecule has 0 spiro atoms. The van der Waals surface area contributed by atoms with Crippen molar-refractivity contribution in [3.8, 4) is 11.1 Å². The van der Waals surface area contributed by atoms with Crippen molar-refractivity contribution in [3.63, 3.8) is 0 Å². The van der Waals surface area contributed by atoms with Gasteiger partial charge in [-0.25, -0.2) is 18.9 Å². The van der Waals surface area contributed by atoms with Gasteiger partial charge in [0.15, 0.2) is 14.6 Å². The lowest BCUT2D eigenvalue weighted by molar-refractivity contribution is -0.131. The van der Waals surface area contributed by atoms with Crippen LogP contribution in [-0.4, -0.2) is 40.1 Å². The van der Waals surface area contributed by atoms with E-state index in [4.69, 9.17) is 5.21 Å². The van der Waals surface area contributed by atoms with Gasteiger partial charge in [0.2, 0.25) is 0 Å². The lowest BCUT2D eigenvalue weighted by atomic mass is 10.0. The third-order valence-electron chi connectivity index (χ3n) is 5.44. The number of aromatic nitrogens is 2. The maximum Gasteiger partial charge on any atom is 0.264 e. The molecule has 0 bridgehead atoms. The van der Waals surface area contributed by atoms with Gasteiger partial charge in [0, 0.05) is 12.8 Å². The van der Waals surface area contributed by atoms with Crippen molar-refractivity contribution < 1.29 is 18.4 Å². The number of aryl methyl sites for hydroxylation is 2. The minimum absolute atomic E-state index is 0.0571. The summed E-state index contributed by atoms with van der Waals surface area (Å²) in [6.45, 7) is 3.16. The van der Waals surface area contributed by atoms with Gasteiger partial charge in [0.25, 0.3) is 11.5 Å². The van der Waals surface area contributed by atoms with Crippen molar-refractivity contribution in [2.45, 2.75) is 31.6 Å². The first kappa shape index (κ1) is 21.7. The van der Waals surface area contributed by atoms with Gasteiger partial charge in [-0.3, -0.25) is 19.4 Å². The molecule has 9 heteroatoms. The Morgan fingerprint density at radius 2 is 1.80 bits per heavy atom. The molecule has 8 nitrogen and oxygen atoms in total. The van der Waals surface area contributed by atoms with Crippen LogP contribution in [0.1, 0.15) is 18.9 Å². The van der Waals surface area contributed by atoms with E-state index in [1.165, 1.54) is 23.3 Å². The van der Waals surface area contributed by atoms with Crippen molar-refractivity contribution in [3.05, 3.63) is 64.7 Å². The average molecular weight is 429 g/mol. The molecule has 0 radical (unpaired) electrons. The lowest BCUT2D eigenvalue weighted by Gasteiger charge is -2.25. The number of amides is 1. The molecule has 0 aliphatic carbocycles. The zero-order chi connectivity index (χ0) is 22.1. The van der Waals surface area contributed by atoms with Crippen LogP contribution in [0.4, 0.5) is 0 Å². The van der Waals surface area contributed by atoms with E-state index in [-0.39, 0.29) is 18.5 Å². The van der Waals surface area contributed by atoms with Crippen LogP contribution in [0.15, 0.2) is 53.6 Å². The van der Waals surface area contributed by atoms with Crippen LogP contribution in [0, 0.1) is 6.92 Å². The molecule has 0 aliphatic heterocycles. The molecule has 1 atom stereocenters. The van der Waals surface area contributed by atoms with Gasteiger partial charge in [0.1, 0.15) is 0 Å². The van der Waals surface area contributed by atoms with E-state index < -0.39 is 20.5 Å². The van der Waals surface area contributed by atoms with Crippen LogP contribution >= 0.6 is 0 Å². The third kappa shape index (κ3) is 3.99. The molecule has 3 rings (SSSR count). The summed E-state index contributed by atoms with van der Waals surface area (Å²) in [6.07, 6.45) is 2.05. The summed E-state index contributed by atoms with van der Waals surface area (Å²) in [5.74, 6) is -1.05. The average Bonchev–Trinajstić information content (AvgIpc) is 2.72. The Morgan fingerprint density at radius 3 is 2.40 bits per heavy atom. The molecule has 0 unspecified atom stereocenters. The number of benzene rings is 2. The number of carbonyl (C=O) groups excluding carboxylic acids is 1. The molecule has 30 heavy (non-hydrogen) atoms. The van der Waals surface area contributed by atoms with Gasteiger partial charge in [-0.2, -0.15) is 0 Å². The van der Waals surface area contributed by atoms with Crippen LogP contribution in [0.25, 0.3) is 22.0 Å². The molecule has 1 amide bonds. The highest BCUT2D eigenvalue weighted by atomic mass is 32.2. The molecule has 1 heterocycles. The van der Waals surface area contributed by atoms with E-state index in [2.05, 4.69) is 4.98 Å². The number of nitrogens with one attached hydrogen (secondary N) is 1. The number of carbonyl (C=O) groups is 1. The van der Waals surface area contributed by atoms with Crippen LogP contribution < -0.4 is 11.0 Å². The molecular weight excluding hydrogens is 406 g/mol. The summed E-state index contributed by atoms with van der Waals surface area (Å²) in [4.78, 5) is 29.1. The molecular formula is C21H23N3O5S. The van der Waals surface area contributed by atoms with Gasteiger partial charge in [-0.15, -0.1) is 0 Å². The SMILES string of the molecule is Cc1ccc(-c2ccc3c(=O)n(CC[C@](C)(C(=O)NO)S(C)(=O)=O)cnc3c2)cc1. The first-order chi connectivity index (χ1) is 14.1. The highest BCUT2D eigenvalue weighted by Crippen LogP contribution is 2.24. The monoisotopic (exact) mass is 429 g/mol. The number of nitrogens with zero attached hydrogens (tertiary/aromatic N) is 2. The van der Waals surface area contributed by atoms with Crippen molar-refractivity contribution in [2.75, 3.05) is 6.26 Å². The molecule has 158 valence electrons. The van der Waals surface area contributed by atoms with E-state index in [0.717, 1.165) is 22.9 Å². The summed E-state index contributed by atoms with van der Waals surface area (Å²) in [5.41, 5.74) is 4.66. The number of fused-ring (bicyclic) bond motifs is 1. The standard InChI is InChI=1S/C21H23N3O5S/c1-14-4-6-15(7-5-14)16-8-9-17-18(12-16)22-13-24(19(17)25)11-10-21(2,20(26)23-27)30(3,28)29/h4-9,12-13,27H,10-11H2,1-3H3,(H,23,26)/t21-/m1/s1. The summed E-state index contributed by atoms with van der Waals surface area (Å²) in [5, 5.41) is 9.31. The van der Waals surface area contributed by atoms with Gasteiger partial charge >= 0.3 is 0 Å². The quantitative estimate of drug-likeness (QED) is 0.457. The van der Waals surface area contributed by atoms with Crippen LogP contribution in [0.5, 0.6) is 0 Å². The number of hydroxylamine groups is 1. The highest BCUT2D eigenvalue weighted by Gasteiger charge is 2.43. The van der Waals surface area contributed by atoms with E-state index in [0.29, 0.717) is 10.9 Å². The first-order valence-electron chi connectivity index (χ1n) is 9.27. The van der Waals surface area contributed by atoms with Crippen molar-refractivity contribution in [1.82, 2.24) is 15.0 Å². The normalized spacial score (nSPS) is 13.7. The van der Waals surface area contributed by atoms with E-state index in [1.807, 2.05) is 43.3 Å². The number of hydrogen-bond acceptors (Lipinski definition) is 6. The topological polar surface area (TPSA) is 118 Å². The maximum absolute atomic E-state index is 12.9. The van der Waals surface area contributed by atoms with Gasteiger partial charge in [-0.05, 0) is 43.5 Å². The summed E-state index contributed by atoms with van der Waals surface area (Å²) in [6, 6.07) is 13.3. The number of sulfone groups is 1. The van der Waals surface area contributed by atoms with E-state index in [1.54, 1.807) is 6.07 Å². The molecule has 0 saturated carbocycles. The Labute approximate surface area is 174 Å². The van der Waals surface area contributed by atoms with Crippen molar-refractivity contribution in [2.24, 2.45) is 0 Å².